The van der Waals surface area contributed by atoms with E-state index in [0.717, 1.165) is 12.2 Å². The maximum atomic E-state index is 4.08. The molecular weight excluding hydrogens is 136 g/mol. The van der Waals surface area contributed by atoms with Gasteiger partial charge in [-0.15, -0.1) is 0 Å². The summed E-state index contributed by atoms with van der Waals surface area (Å²) in [4.78, 5) is 1.25. The van der Waals surface area contributed by atoms with Crippen molar-refractivity contribution in [1.82, 2.24) is 0 Å². The second-order valence-corrected chi connectivity index (χ2v) is 2.81. The van der Waals surface area contributed by atoms with Gasteiger partial charge < -0.3 is 0 Å². The Labute approximate surface area is 58.8 Å². The maximum absolute atomic E-state index is 4.08. The van der Waals surface area contributed by atoms with Crippen LogP contribution >= 0.6 is 24.4 Å². The van der Waals surface area contributed by atoms with Crippen LogP contribution in [0.25, 0.3) is 0 Å². The molecule has 2 heteroatoms. The van der Waals surface area contributed by atoms with Gasteiger partial charge in [0.1, 0.15) is 0 Å². The standard InChI is InChI=1S/C6H6S2/c7-4-3-6-2-1-5-8-6/h5,7H,3-4H2. The van der Waals surface area contributed by atoms with E-state index in [2.05, 4.69) is 24.1 Å². The third-order valence-electron chi connectivity index (χ3n) is 0.811. The Bertz CT molecular complexity index is 169. The van der Waals surface area contributed by atoms with Crippen LogP contribution < -0.4 is 0 Å². The first-order valence-electron chi connectivity index (χ1n) is 2.40. The van der Waals surface area contributed by atoms with Crippen molar-refractivity contribution in [1.29, 1.82) is 0 Å². The molecule has 1 heterocycles. The van der Waals surface area contributed by atoms with E-state index in [1.54, 1.807) is 11.8 Å². The summed E-state index contributed by atoms with van der Waals surface area (Å²) in [7, 11) is 0. The second kappa shape index (κ2) is 3.11. The Balaban J connectivity index is 2.51. The highest BCUT2D eigenvalue weighted by atomic mass is 32.2. The molecule has 1 aliphatic heterocycles. The lowest BCUT2D eigenvalue weighted by molar-refractivity contribution is 1.24. The van der Waals surface area contributed by atoms with Crippen molar-refractivity contribution >= 4 is 24.4 Å². The molecule has 0 aromatic heterocycles. The van der Waals surface area contributed by atoms with Gasteiger partial charge in [0.05, 0.1) is 0 Å². The number of thiol groups is 1. The van der Waals surface area contributed by atoms with Crippen molar-refractivity contribution in [3.05, 3.63) is 21.8 Å². The monoisotopic (exact) mass is 142 g/mol. The highest BCUT2D eigenvalue weighted by molar-refractivity contribution is 8.06. The molecule has 0 nitrogen and oxygen atoms in total. The molecule has 0 unspecified atom stereocenters. The van der Waals surface area contributed by atoms with E-state index in [0.29, 0.717) is 0 Å². The van der Waals surface area contributed by atoms with Crippen molar-refractivity contribution in [2.24, 2.45) is 0 Å². The normalized spacial score (nSPS) is 14.9. The molecule has 8 heavy (non-hydrogen) atoms. The summed E-state index contributed by atoms with van der Waals surface area (Å²) in [6, 6.07) is 0. The minimum absolute atomic E-state index is 0.908. The molecule has 0 aromatic carbocycles. The van der Waals surface area contributed by atoms with Gasteiger partial charge in [0.15, 0.2) is 0 Å². The average molecular weight is 142 g/mol. The smallest absolute Gasteiger partial charge is 0.0408 e. The summed E-state index contributed by atoms with van der Waals surface area (Å²) >= 11 is 5.77. The van der Waals surface area contributed by atoms with Crippen LogP contribution in [-0.2, 0) is 0 Å². The number of hydrogen-bond acceptors (Lipinski definition) is 2. The minimum atomic E-state index is 0.908. The third-order valence-corrected chi connectivity index (χ3v) is 1.86. The van der Waals surface area contributed by atoms with E-state index < -0.39 is 0 Å². The van der Waals surface area contributed by atoms with Crippen LogP contribution in [0.4, 0.5) is 0 Å². The molecule has 0 aliphatic carbocycles. The summed E-state index contributed by atoms with van der Waals surface area (Å²) in [6.07, 6.45) is 1.03. The van der Waals surface area contributed by atoms with Crippen molar-refractivity contribution in [3.63, 3.8) is 0 Å². The highest BCUT2D eigenvalue weighted by Crippen LogP contribution is 2.21. The van der Waals surface area contributed by atoms with E-state index in [4.69, 9.17) is 0 Å². The Morgan fingerprint density at radius 1 is 1.75 bits per heavy atom. The van der Waals surface area contributed by atoms with Crippen LogP contribution in [0.15, 0.2) is 21.8 Å². The molecule has 42 valence electrons. The first-order chi connectivity index (χ1) is 3.93. The van der Waals surface area contributed by atoms with Gasteiger partial charge >= 0.3 is 0 Å². The quantitative estimate of drug-likeness (QED) is 0.455. The van der Waals surface area contributed by atoms with Gasteiger partial charge in [0.25, 0.3) is 0 Å². The largest absolute Gasteiger partial charge is 0.179 e. The second-order valence-electron chi connectivity index (χ2n) is 1.40. The molecule has 0 saturated carbocycles. The van der Waals surface area contributed by atoms with Gasteiger partial charge in [-0.2, -0.15) is 12.6 Å². The van der Waals surface area contributed by atoms with Gasteiger partial charge in [-0.25, -0.2) is 0 Å². The Morgan fingerprint density at radius 2 is 2.62 bits per heavy atom. The van der Waals surface area contributed by atoms with Gasteiger partial charge in [0.2, 0.25) is 0 Å². The van der Waals surface area contributed by atoms with Gasteiger partial charge in [-0.1, -0.05) is 23.2 Å². The minimum Gasteiger partial charge on any atom is -0.179 e. The van der Waals surface area contributed by atoms with Crippen LogP contribution in [0, 0.1) is 0 Å². The van der Waals surface area contributed by atoms with E-state index in [1.807, 2.05) is 5.41 Å². The molecule has 1 aliphatic rings. The zero-order chi connectivity index (χ0) is 5.82. The number of allylic oxidation sites excluding steroid dienone is 1. The molecule has 1 rings (SSSR count). The van der Waals surface area contributed by atoms with Gasteiger partial charge in [-0.3, -0.25) is 0 Å². The summed E-state index contributed by atoms with van der Waals surface area (Å²) < 4.78 is 0. The Morgan fingerprint density at radius 3 is 3.12 bits per heavy atom. The first kappa shape index (κ1) is 6.12. The number of rotatable bonds is 2. The maximum Gasteiger partial charge on any atom is 0.0408 e. The molecule has 0 bridgehead atoms. The average Bonchev–Trinajstić information content (AvgIpc) is 2.19. The van der Waals surface area contributed by atoms with Crippen molar-refractivity contribution < 1.29 is 0 Å². The van der Waals surface area contributed by atoms with Crippen LogP contribution in [0.3, 0.4) is 0 Å². The van der Waals surface area contributed by atoms with Crippen LogP contribution in [0.2, 0.25) is 0 Å². The molecule has 0 amide bonds. The predicted octanol–water partition coefficient (Wildman–Crippen LogP) is 2.20. The van der Waals surface area contributed by atoms with E-state index in [-0.39, 0.29) is 0 Å². The highest BCUT2D eigenvalue weighted by Gasteiger charge is 1.94. The van der Waals surface area contributed by atoms with Crippen molar-refractivity contribution in [2.75, 3.05) is 5.75 Å². The Kier molecular flexibility index (Phi) is 2.38. The lowest BCUT2D eigenvalue weighted by atomic mass is 10.4. The fourth-order valence-corrected chi connectivity index (χ4v) is 1.44. The molecule has 0 radical (unpaired) electrons. The third kappa shape index (κ3) is 1.50. The van der Waals surface area contributed by atoms with Crippen molar-refractivity contribution in [2.45, 2.75) is 6.42 Å². The van der Waals surface area contributed by atoms with Crippen LogP contribution in [-0.4, -0.2) is 5.75 Å². The molecule has 0 fully saturated rings. The topological polar surface area (TPSA) is 0 Å². The summed E-state index contributed by atoms with van der Waals surface area (Å²) in [6.45, 7) is 0. The van der Waals surface area contributed by atoms with Crippen LogP contribution in [0.1, 0.15) is 6.42 Å². The fraction of sp³-hybridized carbons (Fsp3) is 0.333. The summed E-state index contributed by atoms with van der Waals surface area (Å²) in [5.74, 6) is 0.908. The van der Waals surface area contributed by atoms with Gasteiger partial charge in [-0.05, 0) is 12.2 Å². The first-order valence-corrected chi connectivity index (χ1v) is 3.91. The zero-order valence-corrected chi connectivity index (χ0v) is 6.06. The summed E-state index contributed by atoms with van der Waals surface area (Å²) in [5, 5.41) is 1.92. The molecule has 0 saturated heterocycles. The van der Waals surface area contributed by atoms with E-state index >= 15 is 0 Å². The molecule has 0 N–H and O–H groups in total. The molecule has 0 atom stereocenters. The SMILES string of the molecule is SCCC1=C=C=CS1. The summed E-state index contributed by atoms with van der Waals surface area (Å²) in [5.41, 5.74) is 5.86. The predicted molar refractivity (Wildman–Crippen MR) is 41.2 cm³/mol. The fourth-order valence-electron chi connectivity index (χ4n) is 0.463. The van der Waals surface area contributed by atoms with Crippen molar-refractivity contribution in [3.8, 4) is 0 Å². The van der Waals surface area contributed by atoms with E-state index in [9.17, 15) is 0 Å². The molecule has 0 aromatic rings. The number of hydrogen-bond donors (Lipinski definition) is 1. The van der Waals surface area contributed by atoms with Crippen LogP contribution in [0.5, 0.6) is 0 Å². The molecular formula is C6H6S2. The molecule has 0 spiro atoms. The number of thioether (sulfide) groups is 1. The zero-order valence-electron chi connectivity index (χ0n) is 4.35. The lowest BCUT2D eigenvalue weighted by Crippen LogP contribution is -1.72. The lowest BCUT2D eigenvalue weighted by Gasteiger charge is -1.89. The van der Waals surface area contributed by atoms with E-state index in [1.165, 1.54) is 4.91 Å². The Hall–Kier alpha value is -0.0000000000000000555. The van der Waals surface area contributed by atoms with Gasteiger partial charge in [0, 0.05) is 10.3 Å².